The summed E-state index contributed by atoms with van der Waals surface area (Å²) in [5.41, 5.74) is 1.85. The number of rotatable bonds is 6. The highest BCUT2D eigenvalue weighted by Crippen LogP contribution is 2.51. The lowest BCUT2D eigenvalue weighted by atomic mass is 9.75. The number of amides is 2. The Hall–Kier alpha value is -4.52. The Morgan fingerprint density at radius 2 is 1.23 bits per heavy atom. The summed E-state index contributed by atoms with van der Waals surface area (Å²) < 4.78 is 36.6. The topological polar surface area (TPSA) is 49.9 Å². The van der Waals surface area contributed by atoms with Gasteiger partial charge in [-0.3, -0.25) is 9.69 Å². The van der Waals surface area contributed by atoms with Crippen LogP contribution < -0.4 is 0 Å². The molecule has 202 valence electrons. The molecule has 5 nitrogen and oxygen atoms in total. The predicted octanol–water partition coefficient (Wildman–Crippen LogP) is 6.09. The smallest absolute Gasteiger partial charge is 0.410 e. The Morgan fingerprint density at radius 1 is 0.775 bits per heavy atom. The third kappa shape index (κ3) is 4.22. The predicted molar refractivity (Wildman–Crippen MR) is 146 cm³/mol. The lowest BCUT2D eigenvalue weighted by Crippen LogP contribution is -2.52. The van der Waals surface area contributed by atoms with Gasteiger partial charge in [0.15, 0.2) is 0 Å². The van der Waals surface area contributed by atoms with Gasteiger partial charge in [-0.1, -0.05) is 121 Å². The number of likely N-dealkylation sites (tertiary alicyclic amines) is 2. The number of halogens is 2. The maximum Gasteiger partial charge on any atom is 0.410 e. The van der Waals surface area contributed by atoms with Crippen molar-refractivity contribution in [1.82, 2.24) is 9.80 Å². The third-order valence-electron chi connectivity index (χ3n) is 7.94. The third-order valence-corrected chi connectivity index (χ3v) is 7.94. The molecule has 0 aromatic heterocycles. The normalized spacial score (nSPS) is 19.9. The van der Waals surface area contributed by atoms with E-state index in [9.17, 15) is 9.59 Å². The van der Waals surface area contributed by atoms with E-state index in [2.05, 4.69) is 0 Å². The second kappa shape index (κ2) is 10.2. The van der Waals surface area contributed by atoms with E-state index in [0.717, 1.165) is 27.2 Å². The van der Waals surface area contributed by atoms with Crippen LogP contribution in [0.4, 0.5) is 13.6 Å². The Kier molecular flexibility index (Phi) is 6.58. The summed E-state index contributed by atoms with van der Waals surface area (Å²) in [6.45, 7) is -0.971. The van der Waals surface area contributed by atoms with E-state index in [1.165, 1.54) is 4.90 Å². The standard InChI is InChI=1S/C33H28F2N2O3/c34-32(35)23-36(31(39)40-22-24-13-5-1-6-14-24)28-21-37(30(38)29(28)32)33(25-15-7-2-8-16-25,26-17-9-3-10-18-26)27-19-11-4-12-20-27/h1-20,28-29H,21-23H2/t28-,29-/m0/s1. The molecule has 0 saturated carbocycles. The van der Waals surface area contributed by atoms with E-state index < -0.39 is 42.0 Å². The van der Waals surface area contributed by atoms with Crippen LogP contribution in [-0.2, 0) is 21.7 Å². The first-order valence-corrected chi connectivity index (χ1v) is 13.3. The maximum atomic E-state index is 15.6. The monoisotopic (exact) mass is 538 g/mol. The summed E-state index contributed by atoms with van der Waals surface area (Å²) in [6, 6.07) is 36.3. The van der Waals surface area contributed by atoms with Crippen molar-refractivity contribution in [2.45, 2.75) is 24.1 Å². The molecule has 0 unspecified atom stereocenters. The molecule has 2 aliphatic heterocycles. The number of alkyl halides is 2. The van der Waals surface area contributed by atoms with E-state index in [4.69, 9.17) is 4.74 Å². The minimum Gasteiger partial charge on any atom is -0.445 e. The molecular formula is C33H28F2N2O3. The molecule has 2 amide bonds. The number of carbonyl (C=O) groups is 2. The molecule has 0 aliphatic carbocycles. The molecule has 4 aromatic rings. The van der Waals surface area contributed by atoms with Gasteiger partial charge in [0.2, 0.25) is 5.91 Å². The van der Waals surface area contributed by atoms with Crippen LogP contribution in [0.5, 0.6) is 0 Å². The molecular weight excluding hydrogens is 510 g/mol. The van der Waals surface area contributed by atoms with Gasteiger partial charge in [-0.15, -0.1) is 0 Å². The summed E-state index contributed by atoms with van der Waals surface area (Å²) in [4.78, 5) is 29.9. The molecule has 7 heteroatoms. The van der Waals surface area contributed by atoms with Crippen LogP contribution in [0, 0.1) is 5.92 Å². The Balaban J connectivity index is 1.44. The number of ether oxygens (including phenoxy) is 1. The Bertz CT molecular complexity index is 1390. The first-order chi connectivity index (χ1) is 19.4. The van der Waals surface area contributed by atoms with Crippen LogP contribution in [0.2, 0.25) is 0 Å². The Labute approximate surface area is 231 Å². The fraction of sp³-hybridized carbons (Fsp3) is 0.212. The average molecular weight is 539 g/mol. The molecule has 0 radical (unpaired) electrons. The van der Waals surface area contributed by atoms with Gasteiger partial charge in [-0.05, 0) is 22.3 Å². The number of carbonyl (C=O) groups excluding carboxylic acids is 2. The first-order valence-electron chi connectivity index (χ1n) is 13.3. The molecule has 0 bridgehead atoms. The molecule has 2 aliphatic rings. The van der Waals surface area contributed by atoms with Gasteiger partial charge in [0.25, 0.3) is 5.92 Å². The first kappa shape index (κ1) is 25.7. The molecule has 2 saturated heterocycles. The zero-order chi connectivity index (χ0) is 27.7. The summed E-state index contributed by atoms with van der Waals surface area (Å²) in [6.07, 6.45) is -0.851. The number of hydrogen-bond acceptors (Lipinski definition) is 3. The number of fused-ring (bicyclic) bond motifs is 1. The minimum atomic E-state index is -3.40. The zero-order valence-corrected chi connectivity index (χ0v) is 21.7. The van der Waals surface area contributed by atoms with Crippen LogP contribution in [0.3, 0.4) is 0 Å². The molecule has 2 fully saturated rings. The van der Waals surface area contributed by atoms with E-state index in [1.54, 1.807) is 12.1 Å². The highest BCUT2D eigenvalue weighted by molar-refractivity contribution is 5.88. The highest BCUT2D eigenvalue weighted by Gasteiger charge is 2.67. The summed E-state index contributed by atoms with van der Waals surface area (Å²) in [5.74, 6) is -5.77. The SMILES string of the molecule is O=C(OCc1ccccc1)N1CC(F)(F)[C@@H]2C(=O)N(C(c3ccccc3)(c3ccccc3)c3ccccc3)C[C@@H]21. The van der Waals surface area contributed by atoms with Crippen molar-refractivity contribution in [3.63, 3.8) is 0 Å². The molecule has 2 heterocycles. The fourth-order valence-corrected chi connectivity index (χ4v) is 6.21. The summed E-state index contributed by atoms with van der Waals surface area (Å²) in [7, 11) is 0. The average Bonchev–Trinajstić information content (AvgIpc) is 3.48. The minimum absolute atomic E-state index is 0.0429. The lowest BCUT2D eigenvalue weighted by molar-refractivity contribution is -0.143. The second-order valence-electron chi connectivity index (χ2n) is 10.2. The van der Waals surface area contributed by atoms with Crippen molar-refractivity contribution in [2.75, 3.05) is 13.1 Å². The van der Waals surface area contributed by atoms with Crippen molar-refractivity contribution >= 4 is 12.0 Å². The highest BCUT2D eigenvalue weighted by atomic mass is 19.3. The quantitative estimate of drug-likeness (QED) is 0.279. The summed E-state index contributed by atoms with van der Waals surface area (Å²) in [5, 5.41) is 0. The van der Waals surface area contributed by atoms with Gasteiger partial charge < -0.3 is 9.64 Å². The molecule has 4 aromatic carbocycles. The van der Waals surface area contributed by atoms with Crippen LogP contribution >= 0.6 is 0 Å². The van der Waals surface area contributed by atoms with Crippen molar-refractivity contribution in [3.8, 4) is 0 Å². The van der Waals surface area contributed by atoms with Crippen LogP contribution in [-0.4, -0.2) is 46.9 Å². The number of hydrogen-bond donors (Lipinski definition) is 0. The second-order valence-corrected chi connectivity index (χ2v) is 10.2. The van der Waals surface area contributed by atoms with Crippen LogP contribution in [0.1, 0.15) is 22.3 Å². The van der Waals surface area contributed by atoms with E-state index in [0.29, 0.717) is 0 Å². The molecule has 0 spiro atoms. The van der Waals surface area contributed by atoms with E-state index in [1.807, 2.05) is 109 Å². The van der Waals surface area contributed by atoms with Crippen molar-refractivity contribution in [2.24, 2.45) is 5.92 Å². The van der Waals surface area contributed by atoms with Crippen LogP contribution in [0.25, 0.3) is 0 Å². The number of nitrogens with zero attached hydrogens (tertiary/aromatic N) is 2. The molecule has 2 atom stereocenters. The van der Waals surface area contributed by atoms with E-state index in [-0.39, 0.29) is 13.2 Å². The summed E-state index contributed by atoms with van der Waals surface area (Å²) >= 11 is 0. The van der Waals surface area contributed by atoms with Crippen molar-refractivity contribution in [3.05, 3.63) is 144 Å². The van der Waals surface area contributed by atoms with Crippen LogP contribution in [0.15, 0.2) is 121 Å². The van der Waals surface area contributed by atoms with Gasteiger partial charge in [-0.2, -0.15) is 0 Å². The fourth-order valence-electron chi connectivity index (χ4n) is 6.21. The Morgan fingerprint density at radius 3 is 1.70 bits per heavy atom. The van der Waals surface area contributed by atoms with Gasteiger partial charge in [0.1, 0.15) is 18.1 Å². The van der Waals surface area contributed by atoms with Crippen molar-refractivity contribution < 1.29 is 23.1 Å². The van der Waals surface area contributed by atoms with Gasteiger partial charge in [-0.25, -0.2) is 13.6 Å². The largest absolute Gasteiger partial charge is 0.445 e. The molecule has 0 N–H and O–H groups in total. The molecule has 40 heavy (non-hydrogen) atoms. The molecule has 6 rings (SSSR count). The van der Waals surface area contributed by atoms with Gasteiger partial charge in [0.05, 0.1) is 12.6 Å². The lowest BCUT2D eigenvalue weighted by Gasteiger charge is -2.44. The number of benzene rings is 4. The van der Waals surface area contributed by atoms with E-state index >= 15 is 8.78 Å². The van der Waals surface area contributed by atoms with Gasteiger partial charge in [0, 0.05) is 6.54 Å². The maximum absolute atomic E-state index is 15.6. The zero-order valence-electron chi connectivity index (χ0n) is 21.7. The van der Waals surface area contributed by atoms with Crippen molar-refractivity contribution in [1.29, 1.82) is 0 Å². The van der Waals surface area contributed by atoms with Gasteiger partial charge >= 0.3 is 6.09 Å².